The van der Waals surface area contributed by atoms with E-state index in [9.17, 15) is 4.79 Å². The van der Waals surface area contributed by atoms with E-state index in [0.717, 1.165) is 20.7 Å². The monoisotopic (exact) mass is 340 g/mol. The minimum Gasteiger partial charge on any atom is -0.368 e. The Kier molecular flexibility index (Phi) is 4.49. The summed E-state index contributed by atoms with van der Waals surface area (Å²) in [6.45, 7) is 5.76. The number of hydrogen-bond acceptors (Lipinski definition) is 5. The van der Waals surface area contributed by atoms with Crippen LogP contribution < -0.4 is 11.1 Å². The Balaban J connectivity index is 2.08. The lowest BCUT2D eigenvalue weighted by atomic mass is 10.0. The van der Waals surface area contributed by atoms with Gasteiger partial charge >= 0.3 is 0 Å². The van der Waals surface area contributed by atoms with E-state index in [-0.39, 0.29) is 11.8 Å². The lowest BCUT2D eigenvalue weighted by molar-refractivity contribution is -0.119. The first-order valence-electron chi connectivity index (χ1n) is 7.85. The third-order valence-electron chi connectivity index (χ3n) is 3.83. The molecule has 2 heterocycles. The Morgan fingerprint density at radius 1 is 1.21 bits per heavy atom. The number of aromatic nitrogens is 2. The molecule has 0 spiro atoms. The number of nitrogens with zero attached hydrogens (tertiary/aromatic N) is 2. The fourth-order valence-electron chi connectivity index (χ4n) is 2.60. The number of fused-ring (bicyclic) bond motifs is 1. The van der Waals surface area contributed by atoms with E-state index in [1.807, 2.05) is 39.0 Å². The number of anilines is 1. The van der Waals surface area contributed by atoms with Crippen LogP contribution in [0.2, 0.25) is 0 Å². The van der Waals surface area contributed by atoms with Crippen LogP contribution in [0.5, 0.6) is 0 Å². The Bertz CT molecular complexity index is 873. The molecule has 0 saturated carbocycles. The van der Waals surface area contributed by atoms with Crippen molar-refractivity contribution in [3.63, 3.8) is 0 Å². The van der Waals surface area contributed by atoms with Crippen molar-refractivity contribution in [3.8, 4) is 10.4 Å². The molecule has 124 valence electrons. The number of benzene rings is 1. The van der Waals surface area contributed by atoms with E-state index in [0.29, 0.717) is 11.6 Å². The van der Waals surface area contributed by atoms with Gasteiger partial charge in [-0.2, -0.15) is 0 Å². The highest BCUT2D eigenvalue weighted by Gasteiger charge is 2.22. The molecule has 1 amide bonds. The van der Waals surface area contributed by atoms with Crippen molar-refractivity contribution in [1.29, 1.82) is 0 Å². The van der Waals surface area contributed by atoms with Crippen LogP contribution in [0.3, 0.4) is 0 Å². The molecule has 1 unspecified atom stereocenters. The highest BCUT2D eigenvalue weighted by molar-refractivity contribution is 7.21. The SMILES string of the molecule is Cc1nc(NC(C(N)=O)C(C)C)c2cc(-c3ccccc3)sc2n1. The molecule has 3 N–H and O–H groups in total. The molecule has 2 aromatic heterocycles. The fraction of sp³-hybridized carbons (Fsp3) is 0.278. The molecule has 1 aromatic carbocycles. The highest BCUT2D eigenvalue weighted by Crippen LogP contribution is 2.35. The van der Waals surface area contributed by atoms with Crippen molar-refractivity contribution in [2.24, 2.45) is 11.7 Å². The van der Waals surface area contributed by atoms with Gasteiger partial charge in [-0.15, -0.1) is 11.3 Å². The van der Waals surface area contributed by atoms with E-state index in [4.69, 9.17) is 5.73 Å². The average Bonchev–Trinajstić information content (AvgIpc) is 2.96. The van der Waals surface area contributed by atoms with Gasteiger partial charge in [0.1, 0.15) is 22.5 Å². The summed E-state index contributed by atoms with van der Waals surface area (Å²) < 4.78 is 0. The van der Waals surface area contributed by atoms with Gasteiger partial charge in [0.2, 0.25) is 5.91 Å². The summed E-state index contributed by atoms with van der Waals surface area (Å²) in [5.74, 6) is 1.01. The Labute approximate surface area is 144 Å². The lowest BCUT2D eigenvalue weighted by Crippen LogP contribution is -2.39. The predicted octanol–water partition coefficient (Wildman–Crippen LogP) is 3.59. The Morgan fingerprint density at radius 2 is 1.92 bits per heavy atom. The molecule has 0 aliphatic rings. The second-order valence-corrected chi connectivity index (χ2v) is 7.11. The molecule has 3 rings (SSSR count). The summed E-state index contributed by atoms with van der Waals surface area (Å²) in [6, 6.07) is 11.7. The molecule has 3 aromatic rings. The summed E-state index contributed by atoms with van der Waals surface area (Å²) in [5, 5.41) is 4.12. The number of aryl methyl sites for hydroxylation is 1. The Morgan fingerprint density at radius 3 is 2.54 bits per heavy atom. The van der Waals surface area contributed by atoms with Crippen molar-refractivity contribution >= 4 is 33.3 Å². The third-order valence-corrected chi connectivity index (χ3v) is 4.91. The number of hydrogen-bond donors (Lipinski definition) is 2. The van der Waals surface area contributed by atoms with Gasteiger partial charge in [-0.3, -0.25) is 4.79 Å². The van der Waals surface area contributed by atoms with Gasteiger partial charge < -0.3 is 11.1 Å². The maximum absolute atomic E-state index is 11.7. The topological polar surface area (TPSA) is 80.9 Å². The normalized spacial score (nSPS) is 12.5. The van der Waals surface area contributed by atoms with Crippen LogP contribution in [0.4, 0.5) is 5.82 Å². The van der Waals surface area contributed by atoms with Gasteiger partial charge in [-0.1, -0.05) is 44.2 Å². The van der Waals surface area contributed by atoms with Crippen molar-refractivity contribution in [2.75, 3.05) is 5.32 Å². The van der Waals surface area contributed by atoms with Crippen LogP contribution in [0.1, 0.15) is 19.7 Å². The van der Waals surface area contributed by atoms with E-state index in [1.54, 1.807) is 11.3 Å². The first-order chi connectivity index (χ1) is 11.5. The molecule has 0 radical (unpaired) electrons. The molecule has 0 aliphatic heterocycles. The zero-order valence-electron chi connectivity index (χ0n) is 13.9. The van der Waals surface area contributed by atoms with Crippen LogP contribution in [-0.4, -0.2) is 21.9 Å². The quantitative estimate of drug-likeness (QED) is 0.744. The second kappa shape index (κ2) is 6.57. The van der Waals surface area contributed by atoms with Crippen molar-refractivity contribution < 1.29 is 4.79 Å². The standard InChI is InChI=1S/C18H20N4OS/c1-10(2)15(16(19)23)22-17-13-9-14(12-7-5-4-6-8-12)24-18(13)21-11(3)20-17/h4-10,15H,1-3H3,(H2,19,23)(H,20,21,22). The second-order valence-electron chi connectivity index (χ2n) is 6.08. The van der Waals surface area contributed by atoms with Crippen LogP contribution in [0.25, 0.3) is 20.7 Å². The number of primary amides is 1. The third kappa shape index (κ3) is 3.23. The number of carbonyl (C=O) groups excluding carboxylic acids is 1. The van der Waals surface area contributed by atoms with E-state index >= 15 is 0 Å². The number of nitrogens with two attached hydrogens (primary N) is 1. The van der Waals surface area contributed by atoms with E-state index in [1.165, 1.54) is 0 Å². The minimum atomic E-state index is -0.470. The van der Waals surface area contributed by atoms with Gasteiger partial charge in [0.05, 0.1) is 5.39 Å². The smallest absolute Gasteiger partial charge is 0.240 e. The largest absolute Gasteiger partial charge is 0.368 e. The molecular formula is C18H20N4OS. The summed E-state index contributed by atoms with van der Waals surface area (Å²) >= 11 is 1.62. The van der Waals surface area contributed by atoms with E-state index in [2.05, 4.69) is 33.5 Å². The molecule has 1 atom stereocenters. The summed E-state index contributed by atoms with van der Waals surface area (Å²) in [4.78, 5) is 22.8. The van der Waals surface area contributed by atoms with Gasteiger partial charge in [0.15, 0.2) is 0 Å². The van der Waals surface area contributed by atoms with E-state index < -0.39 is 6.04 Å². The maximum atomic E-state index is 11.7. The first kappa shape index (κ1) is 16.4. The van der Waals surface area contributed by atoms with Crippen LogP contribution in [0.15, 0.2) is 36.4 Å². The predicted molar refractivity (Wildman–Crippen MR) is 99.0 cm³/mol. The molecule has 0 fully saturated rings. The van der Waals surface area contributed by atoms with Crippen molar-refractivity contribution in [2.45, 2.75) is 26.8 Å². The average molecular weight is 340 g/mol. The van der Waals surface area contributed by atoms with Gasteiger partial charge in [0, 0.05) is 4.88 Å². The van der Waals surface area contributed by atoms with Crippen LogP contribution in [0, 0.1) is 12.8 Å². The molecule has 0 bridgehead atoms. The molecule has 24 heavy (non-hydrogen) atoms. The number of rotatable bonds is 5. The highest BCUT2D eigenvalue weighted by atomic mass is 32.1. The number of nitrogens with one attached hydrogen (secondary N) is 1. The summed E-state index contributed by atoms with van der Waals surface area (Å²) in [6.07, 6.45) is 0. The van der Waals surface area contributed by atoms with Gasteiger partial charge in [-0.25, -0.2) is 9.97 Å². The van der Waals surface area contributed by atoms with Crippen LogP contribution in [-0.2, 0) is 4.79 Å². The number of carbonyl (C=O) groups is 1. The maximum Gasteiger partial charge on any atom is 0.240 e. The molecule has 0 aliphatic carbocycles. The van der Waals surface area contributed by atoms with Crippen molar-refractivity contribution in [1.82, 2.24) is 9.97 Å². The van der Waals surface area contributed by atoms with Crippen LogP contribution >= 0.6 is 11.3 Å². The molecule has 6 heteroatoms. The molecule has 0 saturated heterocycles. The minimum absolute atomic E-state index is 0.0695. The molecular weight excluding hydrogens is 320 g/mol. The summed E-state index contributed by atoms with van der Waals surface area (Å²) in [7, 11) is 0. The Hall–Kier alpha value is -2.47. The van der Waals surface area contributed by atoms with Gasteiger partial charge in [0.25, 0.3) is 0 Å². The van der Waals surface area contributed by atoms with Crippen molar-refractivity contribution in [3.05, 3.63) is 42.2 Å². The van der Waals surface area contributed by atoms with Gasteiger partial charge in [-0.05, 0) is 24.5 Å². The lowest BCUT2D eigenvalue weighted by Gasteiger charge is -2.20. The molecule has 5 nitrogen and oxygen atoms in total. The zero-order valence-corrected chi connectivity index (χ0v) is 14.7. The zero-order chi connectivity index (χ0) is 17.3. The first-order valence-corrected chi connectivity index (χ1v) is 8.67. The summed E-state index contributed by atoms with van der Waals surface area (Å²) in [5.41, 5.74) is 6.66. The number of thiophene rings is 1. The number of amides is 1. The fourth-order valence-corrected chi connectivity index (χ4v) is 3.68.